The zero-order valence-electron chi connectivity index (χ0n) is 10.7. The Morgan fingerprint density at radius 2 is 2.11 bits per heavy atom. The monoisotopic (exact) mass is 245 g/mol. The Balaban J connectivity index is 1.98. The zero-order chi connectivity index (χ0) is 13.0. The number of ketones is 1. The molecule has 1 aliphatic heterocycles. The largest absolute Gasteiger partial charge is 0.490 e. The second-order valence-electron chi connectivity index (χ2n) is 4.75. The molecule has 0 bridgehead atoms. The molecular formula is C15H19NO2. The first kappa shape index (κ1) is 12.7. The highest BCUT2D eigenvalue weighted by Gasteiger charge is 2.17. The van der Waals surface area contributed by atoms with Gasteiger partial charge in [-0.1, -0.05) is 19.1 Å². The van der Waals surface area contributed by atoms with Gasteiger partial charge < -0.3 is 10.5 Å². The Morgan fingerprint density at radius 3 is 2.72 bits per heavy atom. The number of nitrogen functional groups attached to an aromatic ring is 1. The van der Waals surface area contributed by atoms with Crippen LogP contribution in [0.1, 0.15) is 37.7 Å². The third-order valence-electron chi connectivity index (χ3n) is 3.21. The normalized spacial score (nSPS) is 16.6. The second kappa shape index (κ2) is 5.71. The molecular weight excluding hydrogens is 226 g/mol. The molecule has 1 aromatic carbocycles. The molecule has 0 aromatic heterocycles. The number of nitrogens with two attached hydrogens (primary N) is 1. The van der Waals surface area contributed by atoms with Gasteiger partial charge >= 0.3 is 0 Å². The van der Waals surface area contributed by atoms with E-state index in [1.165, 1.54) is 0 Å². The van der Waals surface area contributed by atoms with E-state index in [1.54, 1.807) is 0 Å². The molecule has 0 spiro atoms. The summed E-state index contributed by atoms with van der Waals surface area (Å²) in [6.07, 6.45) is 4.33. The van der Waals surface area contributed by atoms with Crippen molar-refractivity contribution in [2.45, 2.75) is 32.1 Å². The fraction of sp³-hybridized carbons (Fsp3) is 0.400. The predicted molar refractivity (Wildman–Crippen MR) is 72.2 cm³/mol. The highest BCUT2D eigenvalue weighted by atomic mass is 16.5. The van der Waals surface area contributed by atoms with Crippen LogP contribution in [0.3, 0.4) is 0 Å². The number of hydrogen-bond acceptors (Lipinski definition) is 3. The quantitative estimate of drug-likeness (QED) is 0.829. The van der Waals surface area contributed by atoms with E-state index < -0.39 is 0 Å². The van der Waals surface area contributed by atoms with Gasteiger partial charge in [-0.3, -0.25) is 4.79 Å². The summed E-state index contributed by atoms with van der Waals surface area (Å²) in [7, 11) is 0. The molecule has 1 atom stereocenters. The molecule has 1 aliphatic rings. The van der Waals surface area contributed by atoms with Gasteiger partial charge in [0.15, 0.2) is 11.5 Å². The molecule has 3 nitrogen and oxygen atoms in total. The van der Waals surface area contributed by atoms with Gasteiger partial charge in [0.05, 0.1) is 6.61 Å². The maximum atomic E-state index is 12.0. The van der Waals surface area contributed by atoms with Crippen molar-refractivity contribution in [1.29, 1.82) is 0 Å². The maximum absolute atomic E-state index is 12.0. The summed E-state index contributed by atoms with van der Waals surface area (Å²) in [5.41, 5.74) is 7.53. The number of carbonyl (C=O) groups is 1. The lowest BCUT2D eigenvalue weighted by Crippen LogP contribution is -2.13. The molecule has 2 N–H and O–H groups in total. The lowest BCUT2D eigenvalue weighted by atomic mass is 9.94. The molecule has 0 fully saturated rings. The summed E-state index contributed by atoms with van der Waals surface area (Å²) in [4.78, 5) is 12.0. The molecule has 0 saturated heterocycles. The first-order valence-electron chi connectivity index (χ1n) is 6.38. The van der Waals surface area contributed by atoms with Gasteiger partial charge in [-0.05, 0) is 42.5 Å². The maximum Gasteiger partial charge on any atom is 0.197 e. The lowest BCUT2D eigenvalue weighted by Gasteiger charge is -2.16. The highest BCUT2D eigenvalue weighted by Crippen LogP contribution is 2.23. The number of benzene rings is 1. The van der Waals surface area contributed by atoms with Crippen molar-refractivity contribution in [1.82, 2.24) is 0 Å². The topological polar surface area (TPSA) is 52.3 Å². The standard InChI is InChI=1S/C15H19NO2/c1-11(12-5-7-13(16)8-6-12)10-14(17)15-4-2-3-9-18-15/h4-8,11H,2-3,9-10,16H2,1H3. The van der Waals surface area contributed by atoms with Crippen LogP contribution < -0.4 is 5.73 Å². The molecule has 1 unspecified atom stereocenters. The Kier molecular flexibility index (Phi) is 4.03. The number of hydrogen-bond donors (Lipinski definition) is 1. The summed E-state index contributed by atoms with van der Waals surface area (Å²) >= 11 is 0. The van der Waals surface area contributed by atoms with Gasteiger partial charge in [-0.25, -0.2) is 0 Å². The Hall–Kier alpha value is -1.77. The van der Waals surface area contributed by atoms with Crippen LogP contribution in [0.15, 0.2) is 36.1 Å². The lowest BCUT2D eigenvalue weighted by molar-refractivity contribution is -0.119. The number of rotatable bonds is 4. The van der Waals surface area contributed by atoms with Crippen LogP contribution in [-0.2, 0) is 9.53 Å². The predicted octanol–water partition coefficient (Wildman–Crippen LogP) is 3.03. The fourth-order valence-corrected chi connectivity index (χ4v) is 2.07. The van der Waals surface area contributed by atoms with E-state index in [1.807, 2.05) is 37.3 Å². The first-order valence-corrected chi connectivity index (χ1v) is 6.38. The number of anilines is 1. The van der Waals surface area contributed by atoms with E-state index in [0.717, 1.165) is 24.1 Å². The second-order valence-corrected chi connectivity index (χ2v) is 4.75. The molecule has 0 radical (unpaired) electrons. The van der Waals surface area contributed by atoms with Crippen LogP contribution in [-0.4, -0.2) is 12.4 Å². The first-order chi connectivity index (χ1) is 8.66. The van der Waals surface area contributed by atoms with Gasteiger partial charge in [0.2, 0.25) is 0 Å². The van der Waals surface area contributed by atoms with Crippen LogP contribution in [0.25, 0.3) is 0 Å². The van der Waals surface area contributed by atoms with Crippen molar-refractivity contribution >= 4 is 11.5 Å². The van der Waals surface area contributed by atoms with Gasteiger partial charge in [0.25, 0.3) is 0 Å². The SMILES string of the molecule is CC(CC(=O)C1=CCCCO1)c1ccc(N)cc1. The van der Waals surface area contributed by atoms with Gasteiger partial charge in [-0.2, -0.15) is 0 Å². The zero-order valence-corrected chi connectivity index (χ0v) is 10.7. The molecule has 0 saturated carbocycles. The molecule has 3 heteroatoms. The summed E-state index contributed by atoms with van der Waals surface area (Å²) in [5.74, 6) is 0.826. The summed E-state index contributed by atoms with van der Waals surface area (Å²) < 4.78 is 5.39. The number of allylic oxidation sites excluding steroid dienone is 2. The minimum absolute atomic E-state index is 0.0963. The van der Waals surface area contributed by atoms with E-state index in [9.17, 15) is 4.79 Å². The van der Waals surface area contributed by atoms with Crippen molar-refractivity contribution in [3.05, 3.63) is 41.7 Å². The third-order valence-corrected chi connectivity index (χ3v) is 3.21. The molecule has 96 valence electrons. The molecule has 2 rings (SSSR count). The minimum Gasteiger partial charge on any atom is -0.490 e. The third kappa shape index (κ3) is 3.13. The van der Waals surface area contributed by atoms with Crippen LogP contribution in [0.4, 0.5) is 5.69 Å². The molecule has 1 aromatic rings. The van der Waals surface area contributed by atoms with Crippen LogP contribution in [0.2, 0.25) is 0 Å². The van der Waals surface area contributed by atoms with Gasteiger partial charge in [0.1, 0.15) is 0 Å². The van der Waals surface area contributed by atoms with E-state index in [4.69, 9.17) is 10.5 Å². The number of carbonyl (C=O) groups excluding carboxylic acids is 1. The van der Waals surface area contributed by atoms with Crippen molar-refractivity contribution in [2.24, 2.45) is 0 Å². The van der Waals surface area contributed by atoms with Crippen molar-refractivity contribution in [3.8, 4) is 0 Å². The summed E-state index contributed by atoms with van der Waals surface area (Å²) in [6.45, 7) is 2.71. The molecule has 18 heavy (non-hydrogen) atoms. The van der Waals surface area contributed by atoms with Crippen molar-refractivity contribution in [3.63, 3.8) is 0 Å². The minimum atomic E-state index is 0.0963. The van der Waals surface area contributed by atoms with E-state index >= 15 is 0 Å². The van der Waals surface area contributed by atoms with Crippen LogP contribution >= 0.6 is 0 Å². The molecule has 1 heterocycles. The smallest absolute Gasteiger partial charge is 0.197 e. The Labute approximate surface area is 108 Å². The fourth-order valence-electron chi connectivity index (χ4n) is 2.07. The number of Topliss-reactive ketones (excluding diaryl/α,β-unsaturated/α-hetero) is 1. The van der Waals surface area contributed by atoms with E-state index in [2.05, 4.69) is 0 Å². The van der Waals surface area contributed by atoms with Crippen LogP contribution in [0, 0.1) is 0 Å². The van der Waals surface area contributed by atoms with Gasteiger partial charge in [-0.15, -0.1) is 0 Å². The average Bonchev–Trinajstić information content (AvgIpc) is 2.40. The van der Waals surface area contributed by atoms with Gasteiger partial charge in [0, 0.05) is 12.1 Å². The summed E-state index contributed by atoms with van der Waals surface area (Å²) in [6, 6.07) is 7.69. The number of ether oxygens (including phenoxy) is 1. The Morgan fingerprint density at radius 1 is 1.39 bits per heavy atom. The van der Waals surface area contributed by atoms with E-state index in [-0.39, 0.29) is 11.7 Å². The van der Waals surface area contributed by atoms with Crippen molar-refractivity contribution < 1.29 is 9.53 Å². The Bertz CT molecular complexity index is 448. The molecule has 0 amide bonds. The molecule has 0 aliphatic carbocycles. The van der Waals surface area contributed by atoms with Crippen molar-refractivity contribution in [2.75, 3.05) is 12.3 Å². The highest BCUT2D eigenvalue weighted by molar-refractivity contribution is 5.94. The van der Waals surface area contributed by atoms with Crippen LogP contribution in [0.5, 0.6) is 0 Å². The average molecular weight is 245 g/mol. The summed E-state index contributed by atoms with van der Waals surface area (Å²) in [5, 5.41) is 0. The van der Waals surface area contributed by atoms with E-state index in [0.29, 0.717) is 18.8 Å².